The van der Waals surface area contributed by atoms with Gasteiger partial charge >= 0.3 is 0 Å². The Kier molecular flexibility index (Phi) is 6.17. The van der Waals surface area contributed by atoms with E-state index < -0.39 is 0 Å². The summed E-state index contributed by atoms with van der Waals surface area (Å²) in [5.74, 6) is 1.25. The van der Waals surface area contributed by atoms with Gasteiger partial charge in [0.2, 0.25) is 5.88 Å². The number of hydrogen-bond acceptors (Lipinski definition) is 5. The van der Waals surface area contributed by atoms with Gasteiger partial charge in [0.05, 0.1) is 18.9 Å². The van der Waals surface area contributed by atoms with E-state index in [4.69, 9.17) is 15.2 Å². The molecule has 3 N–H and O–H groups in total. The highest BCUT2D eigenvalue weighted by molar-refractivity contribution is 5.53. The molecule has 5 nitrogen and oxygen atoms in total. The molecule has 17 heavy (non-hydrogen) atoms. The molecule has 0 aliphatic rings. The van der Waals surface area contributed by atoms with Crippen molar-refractivity contribution in [2.75, 3.05) is 37.4 Å². The zero-order valence-electron chi connectivity index (χ0n) is 10.5. The fourth-order valence-corrected chi connectivity index (χ4v) is 1.26. The van der Waals surface area contributed by atoms with E-state index in [0.717, 1.165) is 25.4 Å². The van der Waals surface area contributed by atoms with E-state index in [9.17, 15) is 0 Å². The highest BCUT2D eigenvalue weighted by atomic mass is 16.5. The minimum Gasteiger partial charge on any atom is -0.476 e. The normalized spacial score (nSPS) is 10.2. The van der Waals surface area contributed by atoms with Crippen molar-refractivity contribution in [1.29, 1.82) is 0 Å². The fourth-order valence-electron chi connectivity index (χ4n) is 1.26. The van der Waals surface area contributed by atoms with E-state index in [0.29, 0.717) is 24.8 Å². The number of nitrogens with one attached hydrogen (secondary N) is 1. The van der Waals surface area contributed by atoms with Crippen molar-refractivity contribution in [3.8, 4) is 5.88 Å². The lowest BCUT2D eigenvalue weighted by Gasteiger charge is -2.10. The van der Waals surface area contributed by atoms with E-state index in [1.54, 1.807) is 6.07 Å². The highest BCUT2D eigenvalue weighted by Crippen LogP contribution is 2.20. The minimum atomic E-state index is 0.494. The van der Waals surface area contributed by atoms with Gasteiger partial charge in [0.1, 0.15) is 5.82 Å². The molecule has 0 aromatic carbocycles. The van der Waals surface area contributed by atoms with Gasteiger partial charge in [0.15, 0.2) is 0 Å². The lowest BCUT2D eigenvalue weighted by atomic mass is 10.4. The molecule has 0 atom stereocenters. The smallest absolute Gasteiger partial charge is 0.239 e. The van der Waals surface area contributed by atoms with Crippen LogP contribution in [-0.4, -0.2) is 31.3 Å². The molecule has 0 bridgehead atoms. The highest BCUT2D eigenvalue weighted by Gasteiger charge is 2.03. The van der Waals surface area contributed by atoms with Crippen LogP contribution < -0.4 is 15.8 Å². The van der Waals surface area contributed by atoms with Crippen molar-refractivity contribution in [3.63, 3.8) is 0 Å². The molecule has 1 heterocycles. The van der Waals surface area contributed by atoms with Crippen LogP contribution in [-0.2, 0) is 4.74 Å². The summed E-state index contributed by atoms with van der Waals surface area (Å²) in [4.78, 5) is 4.29. The fraction of sp³-hybridized carbons (Fsp3) is 0.583. The van der Waals surface area contributed by atoms with Crippen molar-refractivity contribution in [1.82, 2.24) is 4.98 Å². The molecule has 0 aliphatic heterocycles. The average Bonchev–Trinajstić information content (AvgIpc) is 2.35. The Hall–Kier alpha value is -1.49. The molecular formula is C12H21N3O2. The maximum absolute atomic E-state index is 5.77. The van der Waals surface area contributed by atoms with Crippen LogP contribution in [0.2, 0.25) is 0 Å². The number of aromatic nitrogens is 1. The molecule has 0 radical (unpaired) electrons. The van der Waals surface area contributed by atoms with Gasteiger partial charge in [-0.25, -0.2) is 0 Å². The number of nitrogens with two attached hydrogens (primary N) is 1. The molecule has 0 fully saturated rings. The molecule has 0 aliphatic carbocycles. The van der Waals surface area contributed by atoms with E-state index in [2.05, 4.69) is 10.3 Å². The Morgan fingerprint density at radius 2 is 2.12 bits per heavy atom. The van der Waals surface area contributed by atoms with Crippen LogP contribution in [0.15, 0.2) is 12.1 Å². The van der Waals surface area contributed by atoms with Crippen LogP contribution in [0.4, 0.5) is 11.5 Å². The molecular weight excluding hydrogens is 218 g/mol. The monoisotopic (exact) mass is 239 g/mol. The van der Waals surface area contributed by atoms with Crippen molar-refractivity contribution >= 4 is 11.5 Å². The summed E-state index contributed by atoms with van der Waals surface area (Å²) in [5, 5.41) is 3.15. The predicted molar refractivity (Wildman–Crippen MR) is 69.4 cm³/mol. The number of hydrogen-bond donors (Lipinski definition) is 2. The first-order valence-electron chi connectivity index (χ1n) is 5.98. The lowest BCUT2D eigenvalue weighted by molar-refractivity contribution is 0.158. The van der Waals surface area contributed by atoms with Gasteiger partial charge in [-0.15, -0.1) is 0 Å². The molecule has 96 valence electrons. The second-order valence-corrected chi connectivity index (χ2v) is 3.56. The van der Waals surface area contributed by atoms with Gasteiger partial charge in [-0.1, -0.05) is 6.92 Å². The lowest BCUT2D eigenvalue weighted by Crippen LogP contribution is -2.11. The SMILES string of the molecule is CCCOc1nc(NCCOCC)ccc1N. The molecule has 0 amide bonds. The third-order valence-electron chi connectivity index (χ3n) is 2.09. The topological polar surface area (TPSA) is 69.4 Å². The second kappa shape index (κ2) is 7.73. The molecule has 5 heteroatoms. The van der Waals surface area contributed by atoms with Crippen molar-refractivity contribution < 1.29 is 9.47 Å². The van der Waals surface area contributed by atoms with Crippen LogP contribution in [0.1, 0.15) is 20.3 Å². The number of nitrogens with zero attached hydrogens (tertiary/aromatic N) is 1. The summed E-state index contributed by atoms with van der Waals surface area (Å²) in [6, 6.07) is 3.63. The summed E-state index contributed by atoms with van der Waals surface area (Å²) < 4.78 is 10.7. The molecule has 0 saturated heterocycles. The summed E-state index contributed by atoms with van der Waals surface area (Å²) in [6.45, 7) is 6.74. The first-order valence-corrected chi connectivity index (χ1v) is 5.98. The summed E-state index contributed by atoms with van der Waals surface area (Å²) in [6.07, 6.45) is 0.934. The van der Waals surface area contributed by atoms with E-state index >= 15 is 0 Å². The first-order chi connectivity index (χ1) is 8.27. The number of ether oxygens (including phenoxy) is 2. The van der Waals surface area contributed by atoms with Crippen LogP contribution in [0, 0.1) is 0 Å². The quantitative estimate of drug-likeness (QED) is 0.678. The van der Waals surface area contributed by atoms with E-state index in [-0.39, 0.29) is 0 Å². The maximum Gasteiger partial charge on any atom is 0.239 e. The molecule has 1 aromatic heterocycles. The largest absolute Gasteiger partial charge is 0.476 e. The molecule has 0 saturated carbocycles. The summed E-state index contributed by atoms with van der Waals surface area (Å²) in [5.41, 5.74) is 6.33. The Morgan fingerprint density at radius 1 is 1.29 bits per heavy atom. The third-order valence-corrected chi connectivity index (χ3v) is 2.09. The Morgan fingerprint density at radius 3 is 2.82 bits per heavy atom. The van der Waals surface area contributed by atoms with Gasteiger partial charge in [-0.05, 0) is 25.5 Å². The standard InChI is InChI=1S/C12H21N3O2/c1-3-8-17-12-10(13)5-6-11(15-12)14-7-9-16-4-2/h5-6H,3-4,7-9,13H2,1-2H3,(H,14,15). The number of pyridine rings is 1. The van der Waals surface area contributed by atoms with Crippen molar-refractivity contribution in [2.24, 2.45) is 0 Å². The van der Waals surface area contributed by atoms with Crippen LogP contribution in [0.25, 0.3) is 0 Å². The second-order valence-electron chi connectivity index (χ2n) is 3.56. The number of rotatable bonds is 8. The maximum atomic E-state index is 5.77. The van der Waals surface area contributed by atoms with Crippen molar-refractivity contribution in [2.45, 2.75) is 20.3 Å². The van der Waals surface area contributed by atoms with Gasteiger partial charge in [0, 0.05) is 13.2 Å². The van der Waals surface area contributed by atoms with Crippen molar-refractivity contribution in [3.05, 3.63) is 12.1 Å². The average molecular weight is 239 g/mol. The zero-order chi connectivity index (χ0) is 12.5. The molecule has 1 rings (SSSR count). The molecule has 1 aromatic rings. The predicted octanol–water partition coefficient (Wildman–Crippen LogP) is 1.90. The molecule has 0 spiro atoms. The third kappa shape index (κ3) is 4.91. The van der Waals surface area contributed by atoms with E-state index in [1.807, 2.05) is 19.9 Å². The van der Waals surface area contributed by atoms with E-state index in [1.165, 1.54) is 0 Å². The van der Waals surface area contributed by atoms with Crippen LogP contribution in [0.3, 0.4) is 0 Å². The summed E-state index contributed by atoms with van der Waals surface area (Å²) in [7, 11) is 0. The first kappa shape index (κ1) is 13.6. The molecule has 0 unspecified atom stereocenters. The zero-order valence-corrected chi connectivity index (χ0v) is 10.5. The number of anilines is 2. The Bertz CT molecular complexity index is 332. The van der Waals surface area contributed by atoms with Crippen LogP contribution >= 0.6 is 0 Å². The van der Waals surface area contributed by atoms with Crippen LogP contribution in [0.5, 0.6) is 5.88 Å². The number of nitrogen functional groups attached to an aromatic ring is 1. The van der Waals surface area contributed by atoms with Gasteiger partial charge in [-0.3, -0.25) is 0 Å². The van der Waals surface area contributed by atoms with Gasteiger partial charge in [-0.2, -0.15) is 4.98 Å². The minimum absolute atomic E-state index is 0.494. The Labute approximate surface area is 102 Å². The van der Waals surface area contributed by atoms with Gasteiger partial charge < -0.3 is 20.5 Å². The summed E-state index contributed by atoms with van der Waals surface area (Å²) >= 11 is 0. The Balaban J connectivity index is 2.49. The van der Waals surface area contributed by atoms with Gasteiger partial charge in [0.25, 0.3) is 0 Å².